The van der Waals surface area contributed by atoms with Crippen molar-refractivity contribution in [2.75, 3.05) is 13.1 Å². The quantitative estimate of drug-likeness (QED) is 0.762. The van der Waals surface area contributed by atoms with Crippen molar-refractivity contribution in [2.45, 2.75) is 84.5 Å². The van der Waals surface area contributed by atoms with Gasteiger partial charge >= 0.3 is 0 Å². The zero-order valence-electron chi connectivity index (χ0n) is 15.5. The predicted molar refractivity (Wildman–Crippen MR) is 100 cm³/mol. The summed E-state index contributed by atoms with van der Waals surface area (Å²) in [5, 5.41) is 3.63. The number of unbranched alkanes of at least 4 members (excludes halogenated alkanes) is 1. The number of hydrogen-bond donors (Lipinski definition) is 1. The highest BCUT2D eigenvalue weighted by molar-refractivity contribution is 5.50. The van der Waals surface area contributed by atoms with E-state index in [0.717, 1.165) is 11.8 Å². The fraction of sp³-hybridized carbons (Fsp3) is 0.727. The Balaban J connectivity index is 2.01. The molecule has 1 nitrogen and oxygen atoms in total. The Morgan fingerprint density at radius 3 is 2.70 bits per heavy atom. The Morgan fingerprint density at radius 2 is 2.00 bits per heavy atom. The molecule has 0 spiro atoms. The Hall–Kier alpha value is -0.820. The SMILES string of the molecule is CCCCc1cc(C2CCCNC2)c2c(c1CC(C)C)CCC2. The van der Waals surface area contributed by atoms with Crippen LogP contribution in [-0.2, 0) is 25.7 Å². The molecular formula is C22H35N. The van der Waals surface area contributed by atoms with Crippen molar-refractivity contribution in [3.05, 3.63) is 33.9 Å². The number of piperidine rings is 1. The van der Waals surface area contributed by atoms with Crippen molar-refractivity contribution >= 4 is 0 Å². The second-order valence-corrected chi connectivity index (χ2v) is 8.16. The Bertz CT molecular complexity index is 523. The minimum atomic E-state index is 0.766. The third-order valence-electron chi connectivity index (χ3n) is 5.80. The number of benzene rings is 1. The highest BCUT2D eigenvalue weighted by Gasteiger charge is 2.26. The van der Waals surface area contributed by atoms with Crippen LogP contribution in [0.3, 0.4) is 0 Å². The van der Waals surface area contributed by atoms with E-state index in [1.807, 2.05) is 0 Å². The fourth-order valence-electron chi connectivity index (χ4n) is 4.69. The number of hydrogen-bond acceptors (Lipinski definition) is 1. The summed E-state index contributed by atoms with van der Waals surface area (Å²) in [6, 6.07) is 2.65. The van der Waals surface area contributed by atoms with Gasteiger partial charge in [0, 0.05) is 6.54 Å². The number of rotatable bonds is 6. The second kappa shape index (κ2) is 7.83. The van der Waals surface area contributed by atoms with E-state index in [4.69, 9.17) is 0 Å². The van der Waals surface area contributed by atoms with Crippen LogP contribution in [0.5, 0.6) is 0 Å². The molecule has 1 aliphatic carbocycles. The van der Waals surface area contributed by atoms with Crippen LogP contribution >= 0.6 is 0 Å². The van der Waals surface area contributed by atoms with Crippen molar-refractivity contribution in [3.63, 3.8) is 0 Å². The standard InChI is InChI=1S/C22H35N/c1-4-5-8-17-14-22(18-9-7-12-23-15-18)20-11-6-10-19(20)21(17)13-16(2)3/h14,16,18,23H,4-13,15H2,1-3H3. The first kappa shape index (κ1) is 17.0. The third-order valence-corrected chi connectivity index (χ3v) is 5.80. The maximum atomic E-state index is 3.63. The lowest BCUT2D eigenvalue weighted by atomic mass is 9.81. The van der Waals surface area contributed by atoms with Gasteiger partial charge in [-0.3, -0.25) is 0 Å². The van der Waals surface area contributed by atoms with E-state index in [2.05, 4.69) is 32.2 Å². The van der Waals surface area contributed by atoms with Gasteiger partial charge in [-0.05, 0) is 97.6 Å². The summed E-state index contributed by atoms with van der Waals surface area (Å²) < 4.78 is 0. The molecule has 0 saturated carbocycles. The molecule has 0 aromatic heterocycles. The molecule has 2 aliphatic rings. The van der Waals surface area contributed by atoms with E-state index in [-0.39, 0.29) is 0 Å². The Morgan fingerprint density at radius 1 is 1.17 bits per heavy atom. The van der Waals surface area contributed by atoms with E-state index in [1.54, 1.807) is 27.8 Å². The van der Waals surface area contributed by atoms with Crippen molar-refractivity contribution in [1.82, 2.24) is 5.32 Å². The van der Waals surface area contributed by atoms with E-state index >= 15 is 0 Å². The van der Waals surface area contributed by atoms with Crippen LogP contribution < -0.4 is 5.32 Å². The molecule has 0 amide bonds. The molecule has 1 aliphatic heterocycles. The normalized spacial score (nSPS) is 21.0. The van der Waals surface area contributed by atoms with Crippen LogP contribution in [-0.4, -0.2) is 13.1 Å². The van der Waals surface area contributed by atoms with Crippen LogP contribution in [0.15, 0.2) is 6.07 Å². The van der Waals surface area contributed by atoms with Gasteiger partial charge in [-0.25, -0.2) is 0 Å². The van der Waals surface area contributed by atoms with Crippen LogP contribution in [0.25, 0.3) is 0 Å². The summed E-state index contributed by atoms with van der Waals surface area (Å²) in [5.41, 5.74) is 8.70. The van der Waals surface area contributed by atoms with E-state index in [1.165, 1.54) is 70.9 Å². The molecule has 1 heterocycles. The number of fused-ring (bicyclic) bond motifs is 1. The van der Waals surface area contributed by atoms with Crippen molar-refractivity contribution < 1.29 is 0 Å². The summed E-state index contributed by atoms with van der Waals surface area (Å²) in [5.74, 6) is 1.53. The topological polar surface area (TPSA) is 12.0 Å². The highest BCUT2D eigenvalue weighted by Crippen LogP contribution is 2.38. The molecule has 1 fully saturated rings. The minimum absolute atomic E-state index is 0.766. The minimum Gasteiger partial charge on any atom is -0.316 e. The van der Waals surface area contributed by atoms with E-state index in [9.17, 15) is 0 Å². The lowest BCUT2D eigenvalue weighted by Crippen LogP contribution is -2.29. The highest BCUT2D eigenvalue weighted by atomic mass is 14.9. The summed E-state index contributed by atoms with van der Waals surface area (Å²) >= 11 is 0. The molecule has 23 heavy (non-hydrogen) atoms. The maximum absolute atomic E-state index is 3.63. The first-order valence-corrected chi connectivity index (χ1v) is 10.1. The molecule has 1 aromatic rings. The molecule has 1 heteroatoms. The van der Waals surface area contributed by atoms with Crippen molar-refractivity contribution in [3.8, 4) is 0 Å². The molecule has 1 atom stereocenters. The van der Waals surface area contributed by atoms with Gasteiger partial charge in [0.2, 0.25) is 0 Å². The molecule has 1 aromatic carbocycles. The zero-order chi connectivity index (χ0) is 16.2. The van der Waals surface area contributed by atoms with Crippen LogP contribution in [0, 0.1) is 5.92 Å². The van der Waals surface area contributed by atoms with Gasteiger partial charge in [0.25, 0.3) is 0 Å². The molecule has 1 unspecified atom stereocenters. The van der Waals surface area contributed by atoms with Gasteiger partial charge in [-0.1, -0.05) is 33.3 Å². The summed E-state index contributed by atoms with van der Waals surface area (Å²) in [7, 11) is 0. The first-order chi connectivity index (χ1) is 11.2. The average Bonchev–Trinajstić information content (AvgIpc) is 3.04. The van der Waals surface area contributed by atoms with Crippen LogP contribution in [0.2, 0.25) is 0 Å². The third kappa shape index (κ3) is 3.82. The number of nitrogens with one attached hydrogen (secondary N) is 1. The lowest BCUT2D eigenvalue weighted by Gasteiger charge is -2.28. The predicted octanol–water partition coefficient (Wildman–Crippen LogP) is 5.18. The summed E-state index contributed by atoms with van der Waals surface area (Å²) in [6.07, 6.45) is 12.0. The van der Waals surface area contributed by atoms with Gasteiger partial charge in [0.05, 0.1) is 0 Å². The Kier molecular flexibility index (Phi) is 5.80. The summed E-state index contributed by atoms with van der Waals surface area (Å²) in [6.45, 7) is 9.49. The Labute approximate surface area is 143 Å². The van der Waals surface area contributed by atoms with Gasteiger partial charge in [0.1, 0.15) is 0 Å². The van der Waals surface area contributed by atoms with Gasteiger partial charge < -0.3 is 5.32 Å². The molecule has 0 bridgehead atoms. The van der Waals surface area contributed by atoms with Crippen LogP contribution in [0.1, 0.15) is 86.6 Å². The van der Waals surface area contributed by atoms with Gasteiger partial charge in [0.15, 0.2) is 0 Å². The lowest BCUT2D eigenvalue weighted by molar-refractivity contribution is 0.459. The van der Waals surface area contributed by atoms with Gasteiger partial charge in [-0.2, -0.15) is 0 Å². The zero-order valence-corrected chi connectivity index (χ0v) is 15.5. The van der Waals surface area contributed by atoms with Crippen molar-refractivity contribution in [1.29, 1.82) is 0 Å². The summed E-state index contributed by atoms with van der Waals surface area (Å²) in [4.78, 5) is 0. The van der Waals surface area contributed by atoms with Gasteiger partial charge in [-0.15, -0.1) is 0 Å². The fourth-order valence-corrected chi connectivity index (χ4v) is 4.69. The molecular weight excluding hydrogens is 278 g/mol. The molecule has 0 radical (unpaired) electrons. The molecule has 1 saturated heterocycles. The monoisotopic (exact) mass is 313 g/mol. The molecule has 1 N–H and O–H groups in total. The van der Waals surface area contributed by atoms with E-state index < -0.39 is 0 Å². The van der Waals surface area contributed by atoms with Crippen molar-refractivity contribution in [2.24, 2.45) is 5.92 Å². The average molecular weight is 314 g/mol. The maximum Gasteiger partial charge on any atom is 0.00202 e. The smallest absolute Gasteiger partial charge is 0.00202 e. The van der Waals surface area contributed by atoms with Crippen LogP contribution in [0.4, 0.5) is 0 Å². The van der Waals surface area contributed by atoms with E-state index in [0.29, 0.717) is 0 Å². The number of aryl methyl sites for hydroxylation is 1. The largest absolute Gasteiger partial charge is 0.316 e. The molecule has 128 valence electrons. The first-order valence-electron chi connectivity index (χ1n) is 10.1. The molecule has 3 rings (SSSR count). The second-order valence-electron chi connectivity index (χ2n) is 8.16.